The molecule has 1 aliphatic rings. The second-order valence-electron chi connectivity index (χ2n) is 5.64. The Labute approximate surface area is 119 Å². The van der Waals surface area contributed by atoms with E-state index in [1.165, 1.54) is 30.6 Å². The van der Waals surface area contributed by atoms with E-state index in [0.717, 1.165) is 0 Å². The maximum Gasteiger partial charge on any atom is 0.234 e. The zero-order valence-corrected chi connectivity index (χ0v) is 12.6. The highest BCUT2D eigenvalue weighted by atomic mass is 32.1. The minimum absolute atomic E-state index is 0.110. The summed E-state index contributed by atoms with van der Waals surface area (Å²) in [5.41, 5.74) is 0. The summed E-state index contributed by atoms with van der Waals surface area (Å²) in [6.07, 6.45) is 5.07. The molecule has 1 unspecified atom stereocenters. The Balaban J connectivity index is 1.96. The van der Waals surface area contributed by atoms with E-state index < -0.39 is 0 Å². The molecule has 2 N–H and O–H groups in total. The molecule has 0 spiro atoms. The predicted octanol–water partition coefficient (Wildman–Crippen LogP) is 3.09. The fourth-order valence-electron chi connectivity index (χ4n) is 2.70. The van der Waals surface area contributed by atoms with Crippen LogP contribution in [0.1, 0.15) is 50.4 Å². The van der Waals surface area contributed by atoms with Crippen molar-refractivity contribution in [3.05, 3.63) is 22.4 Å². The van der Waals surface area contributed by atoms with Gasteiger partial charge in [0.25, 0.3) is 0 Å². The molecule has 0 bridgehead atoms. The first-order valence-corrected chi connectivity index (χ1v) is 8.11. The smallest absolute Gasteiger partial charge is 0.234 e. The largest absolute Gasteiger partial charge is 0.347 e. The lowest BCUT2D eigenvalue weighted by atomic mass is 9.96. The minimum Gasteiger partial charge on any atom is -0.347 e. The number of hydrogen-bond acceptors (Lipinski definition) is 3. The molecule has 4 heteroatoms. The number of thiophene rings is 1. The average Bonchev–Trinajstić information content (AvgIpc) is 3.05. The molecule has 0 saturated heterocycles. The van der Waals surface area contributed by atoms with Crippen LogP contribution in [0, 0.1) is 5.92 Å². The maximum absolute atomic E-state index is 12.0. The van der Waals surface area contributed by atoms with Gasteiger partial charge in [-0.05, 0) is 30.2 Å². The van der Waals surface area contributed by atoms with Crippen LogP contribution in [0.4, 0.5) is 0 Å². The molecular formula is C15H24N2OS. The van der Waals surface area contributed by atoms with Crippen molar-refractivity contribution in [1.29, 1.82) is 0 Å². The molecule has 1 saturated carbocycles. The van der Waals surface area contributed by atoms with E-state index in [1.54, 1.807) is 11.3 Å². The van der Waals surface area contributed by atoms with E-state index in [-0.39, 0.29) is 11.9 Å². The topological polar surface area (TPSA) is 41.1 Å². The maximum atomic E-state index is 12.0. The second kappa shape index (κ2) is 7.06. The predicted molar refractivity (Wildman–Crippen MR) is 80.3 cm³/mol. The van der Waals surface area contributed by atoms with Gasteiger partial charge < -0.3 is 10.6 Å². The highest BCUT2D eigenvalue weighted by molar-refractivity contribution is 7.10. The Hall–Kier alpha value is -0.870. The highest BCUT2D eigenvalue weighted by Crippen LogP contribution is 2.37. The summed E-state index contributed by atoms with van der Waals surface area (Å²) < 4.78 is 0. The molecule has 0 aromatic carbocycles. The average molecular weight is 280 g/mol. The fourth-order valence-corrected chi connectivity index (χ4v) is 3.57. The van der Waals surface area contributed by atoms with Crippen molar-refractivity contribution in [3.63, 3.8) is 0 Å². The number of carbonyl (C=O) groups is 1. The lowest BCUT2D eigenvalue weighted by Gasteiger charge is -2.24. The fraction of sp³-hybridized carbons (Fsp3) is 0.667. The van der Waals surface area contributed by atoms with Crippen molar-refractivity contribution in [2.75, 3.05) is 6.54 Å². The minimum atomic E-state index is 0.110. The van der Waals surface area contributed by atoms with Crippen LogP contribution in [0.5, 0.6) is 0 Å². The molecule has 1 aliphatic carbocycles. The molecule has 1 aromatic rings. The summed E-state index contributed by atoms with van der Waals surface area (Å²) in [7, 11) is 0. The lowest BCUT2D eigenvalue weighted by Crippen LogP contribution is -2.40. The van der Waals surface area contributed by atoms with E-state index in [1.807, 2.05) is 0 Å². The van der Waals surface area contributed by atoms with Gasteiger partial charge in [0.15, 0.2) is 0 Å². The molecule has 106 valence electrons. The summed E-state index contributed by atoms with van der Waals surface area (Å²) in [5.74, 6) is 0.723. The zero-order chi connectivity index (χ0) is 13.7. The summed E-state index contributed by atoms with van der Waals surface area (Å²) in [6.45, 7) is 4.52. The van der Waals surface area contributed by atoms with Gasteiger partial charge in [-0.2, -0.15) is 0 Å². The van der Waals surface area contributed by atoms with E-state index in [0.29, 0.717) is 18.5 Å². The molecule has 1 atom stereocenters. The number of rotatable bonds is 6. The zero-order valence-electron chi connectivity index (χ0n) is 11.8. The van der Waals surface area contributed by atoms with E-state index in [4.69, 9.17) is 0 Å². The number of nitrogens with one attached hydrogen (secondary N) is 2. The molecule has 1 aromatic heterocycles. The molecule has 0 aliphatic heterocycles. The highest BCUT2D eigenvalue weighted by Gasteiger charge is 2.28. The number of amides is 1. The Kier molecular flexibility index (Phi) is 5.40. The van der Waals surface area contributed by atoms with Gasteiger partial charge in [-0.15, -0.1) is 11.3 Å². The SMILES string of the molecule is CC(C)NCC(=O)NC(c1cccs1)C1CCCC1. The lowest BCUT2D eigenvalue weighted by molar-refractivity contribution is -0.121. The van der Waals surface area contributed by atoms with Crippen LogP contribution in [0.25, 0.3) is 0 Å². The third kappa shape index (κ3) is 4.32. The molecule has 3 nitrogen and oxygen atoms in total. The monoisotopic (exact) mass is 280 g/mol. The Morgan fingerprint density at radius 1 is 1.42 bits per heavy atom. The number of carbonyl (C=O) groups excluding carboxylic acids is 1. The van der Waals surface area contributed by atoms with Gasteiger partial charge in [-0.1, -0.05) is 32.8 Å². The summed E-state index contributed by atoms with van der Waals surface area (Å²) in [5, 5.41) is 8.50. The molecule has 2 rings (SSSR count). The Morgan fingerprint density at radius 2 is 2.16 bits per heavy atom. The molecule has 1 fully saturated rings. The van der Waals surface area contributed by atoms with Gasteiger partial charge in [0.05, 0.1) is 12.6 Å². The van der Waals surface area contributed by atoms with Gasteiger partial charge in [-0.3, -0.25) is 4.79 Å². The van der Waals surface area contributed by atoms with Crippen LogP contribution >= 0.6 is 11.3 Å². The summed E-state index contributed by atoms with van der Waals surface area (Å²) in [6, 6.07) is 4.77. The van der Waals surface area contributed by atoms with Crippen LogP contribution in [-0.4, -0.2) is 18.5 Å². The van der Waals surface area contributed by atoms with Gasteiger partial charge in [0.2, 0.25) is 5.91 Å². The standard InChI is InChI=1S/C15H24N2OS/c1-11(2)16-10-14(18)17-15(12-6-3-4-7-12)13-8-5-9-19-13/h5,8-9,11-12,15-16H,3-4,6-7,10H2,1-2H3,(H,17,18). The first kappa shape index (κ1) is 14.5. The molecule has 0 radical (unpaired) electrons. The van der Waals surface area contributed by atoms with E-state index in [9.17, 15) is 4.79 Å². The summed E-state index contributed by atoms with van der Waals surface area (Å²) in [4.78, 5) is 13.3. The van der Waals surface area contributed by atoms with E-state index in [2.05, 4.69) is 42.0 Å². The van der Waals surface area contributed by atoms with Crippen molar-refractivity contribution in [2.24, 2.45) is 5.92 Å². The third-order valence-electron chi connectivity index (χ3n) is 3.71. The van der Waals surface area contributed by atoms with Crippen LogP contribution in [0.15, 0.2) is 17.5 Å². The Morgan fingerprint density at radius 3 is 2.74 bits per heavy atom. The number of hydrogen-bond donors (Lipinski definition) is 2. The molecule has 1 heterocycles. The van der Waals surface area contributed by atoms with Gasteiger partial charge in [0.1, 0.15) is 0 Å². The quantitative estimate of drug-likeness (QED) is 0.840. The van der Waals surface area contributed by atoms with Crippen LogP contribution in [0.2, 0.25) is 0 Å². The normalized spacial score (nSPS) is 17.8. The third-order valence-corrected chi connectivity index (χ3v) is 4.66. The van der Waals surface area contributed by atoms with Crippen molar-refractivity contribution >= 4 is 17.2 Å². The molecule has 1 amide bonds. The Bertz CT molecular complexity index is 383. The van der Waals surface area contributed by atoms with Gasteiger partial charge in [0, 0.05) is 10.9 Å². The van der Waals surface area contributed by atoms with Crippen molar-refractivity contribution in [2.45, 2.75) is 51.6 Å². The van der Waals surface area contributed by atoms with Gasteiger partial charge >= 0.3 is 0 Å². The molecule has 19 heavy (non-hydrogen) atoms. The van der Waals surface area contributed by atoms with E-state index >= 15 is 0 Å². The van der Waals surface area contributed by atoms with Crippen molar-refractivity contribution in [3.8, 4) is 0 Å². The first-order valence-electron chi connectivity index (χ1n) is 7.23. The van der Waals surface area contributed by atoms with Gasteiger partial charge in [-0.25, -0.2) is 0 Å². The van der Waals surface area contributed by atoms with Crippen molar-refractivity contribution in [1.82, 2.24) is 10.6 Å². The molecular weight excluding hydrogens is 256 g/mol. The van der Waals surface area contributed by atoms with Crippen LogP contribution in [-0.2, 0) is 4.79 Å². The van der Waals surface area contributed by atoms with Crippen LogP contribution < -0.4 is 10.6 Å². The summed E-state index contributed by atoms with van der Waals surface area (Å²) >= 11 is 1.75. The first-order chi connectivity index (χ1) is 9.16. The second-order valence-corrected chi connectivity index (χ2v) is 6.62. The van der Waals surface area contributed by atoms with Crippen molar-refractivity contribution < 1.29 is 4.79 Å². The van der Waals surface area contributed by atoms with Crippen LogP contribution in [0.3, 0.4) is 0 Å².